The molecule has 0 unspecified atom stereocenters. The summed E-state index contributed by atoms with van der Waals surface area (Å²) in [6.07, 6.45) is -0.396. The van der Waals surface area contributed by atoms with Crippen molar-refractivity contribution >= 4 is 21.6 Å². The molecular formula is C10H13ClFNO3S. The highest BCUT2D eigenvalue weighted by Gasteiger charge is 2.20. The minimum atomic E-state index is -3.99. The zero-order valence-electron chi connectivity index (χ0n) is 9.15. The summed E-state index contributed by atoms with van der Waals surface area (Å²) in [5.41, 5.74) is 0. The van der Waals surface area contributed by atoms with Crippen LogP contribution in [0.15, 0.2) is 23.1 Å². The smallest absolute Gasteiger partial charge is 0.243 e. The first kappa shape index (κ1) is 14.4. The zero-order valence-corrected chi connectivity index (χ0v) is 10.7. The van der Waals surface area contributed by atoms with Gasteiger partial charge in [-0.25, -0.2) is 17.5 Å². The Balaban J connectivity index is 2.93. The SMILES string of the molecule is CC[C@@H](O)CNS(=O)(=O)c1cc(Cl)ccc1F. The van der Waals surface area contributed by atoms with E-state index in [1.807, 2.05) is 0 Å². The normalized spacial score (nSPS) is 13.6. The summed E-state index contributed by atoms with van der Waals surface area (Å²) < 4.78 is 38.9. The molecule has 1 rings (SSSR count). The quantitative estimate of drug-likeness (QED) is 0.860. The Morgan fingerprint density at radius 3 is 2.76 bits per heavy atom. The van der Waals surface area contributed by atoms with Crippen LogP contribution in [0.25, 0.3) is 0 Å². The molecule has 0 spiro atoms. The molecule has 17 heavy (non-hydrogen) atoms. The standard InChI is InChI=1S/C10H13ClFNO3S/c1-2-8(14)6-13-17(15,16)10-5-7(11)3-4-9(10)12/h3-5,8,13-14H,2,6H2,1H3/t8-/m1/s1. The van der Waals surface area contributed by atoms with E-state index >= 15 is 0 Å². The van der Waals surface area contributed by atoms with Gasteiger partial charge in [-0.2, -0.15) is 0 Å². The van der Waals surface area contributed by atoms with Crippen molar-refractivity contribution in [1.29, 1.82) is 0 Å². The van der Waals surface area contributed by atoms with Gasteiger partial charge in [0, 0.05) is 11.6 Å². The van der Waals surface area contributed by atoms with Gasteiger partial charge >= 0.3 is 0 Å². The third kappa shape index (κ3) is 3.92. The van der Waals surface area contributed by atoms with Gasteiger partial charge in [-0.3, -0.25) is 0 Å². The lowest BCUT2D eigenvalue weighted by Crippen LogP contribution is -2.32. The molecule has 4 nitrogen and oxygen atoms in total. The molecule has 96 valence electrons. The Hall–Kier alpha value is -0.690. The number of sulfonamides is 1. The van der Waals surface area contributed by atoms with Crippen LogP contribution >= 0.6 is 11.6 Å². The highest BCUT2D eigenvalue weighted by atomic mass is 35.5. The molecule has 1 aromatic rings. The van der Waals surface area contributed by atoms with E-state index in [2.05, 4.69) is 4.72 Å². The fourth-order valence-corrected chi connectivity index (χ4v) is 2.52. The molecule has 0 bridgehead atoms. The van der Waals surface area contributed by atoms with Crippen LogP contribution in [0, 0.1) is 5.82 Å². The zero-order chi connectivity index (χ0) is 13.1. The maximum absolute atomic E-state index is 13.3. The van der Waals surface area contributed by atoms with Crippen molar-refractivity contribution in [3.05, 3.63) is 29.0 Å². The van der Waals surface area contributed by atoms with Crippen LogP contribution in [0.2, 0.25) is 5.02 Å². The third-order valence-corrected chi connectivity index (χ3v) is 3.84. The summed E-state index contributed by atoms with van der Waals surface area (Å²) in [7, 11) is -3.99. The maximum atomic E-state index is 13.3. The van der Waals surface area contributed by atoms with Crippen molar-refractivity contribution in [2.45, 2.75) is 24.3 Å². The Kier molecular flexibility index (Phi) is 4.88. The summed E-state index contributed by atoms with van der Waals surface area (Å²) in [5.74, 6) is -0.882. The minimum Gasteiger partial charge on any atom is -0.392 e. The van der Waals surface area contributed by atoms with E-state index in [0.717, 1.165) is 12.1 Å². The average molecular weight is 282 g/mol. The first-order chi connectivity index (χ1) is 7.86. The van der Waals surface area contributed by atoms with Gasteiger partial charge in [-0.05, 0) is 24.6 Å². The number of hydrogen-bond donors (Lipinski definition) is 2. The molecule has 0 aromatic heterocycles. The molecule has 0 aliphatic carbocycles. The lowest BCUT2D eigenvalue weighted by molar-refractivity contribution is 0.174. The maximum Gasteiger partial charge on any atom is 0.243 e. The lowest BCUT2D eigenvalue weighted by Gasteiger charge is -2.10. The molecule has 1 aromatic carbocycles. The van der Waals surface area contributed by atoms with Crippen molar-refractivity contribution in [2.24, 2.45) is 0 Å². The summed E-state index contributed by atoms with van der Waals surface area (Å²) in [4.78, 5) is -0.520. The topological polar surface area (TPSA) is 66.4 Å². The second-order valence-electron chi connectivity index (χ2n) is 3.49. The highest BCUT2D eigenvalue weighted by molar-refractivity contribution is 7.89. The fourth-order valence-electron chi connectivity index (χ4n) is 1.11. The minimum absolute atomic E-state index is 0.128. The van der Waals surface area contributed by atoms with Crippen molar-refractivity contribution in [3.8, 4) is 0 Å². The van der Waals surface area contributed by atoms with Crippen LogP contribution in [0.3, 0.4) is 0 Å². The summed E-state index contributed by atoms with van der Waals surface area (Å²) >= 11 is 5.60. The Bertz CT molecular complexity index is 492. The predicted molar refractivity (Wildman–Crippen MR) is 62.9 cm³/mol. The van der Waals surface area contributed by atoms with Gasteiger partial charge < -0.3 is 5.11 Å². The average Bonchev–Trinajstić information content (AvgIpc) is 2.29. The van der Waals surface area contributed by atoms with Crippen molar-refractivity contribution in [1.82, 2.24) is 4.72 Å². The Morgan fingerprint density at radius 1 is 1.53 bits per heavy atom. The van der Waals surface area contributed by atoms with E-state index in [1.165, 1.54) is 6.07 Å². The molecule has 0 fully saturated rings. The van der Waals surface area contributed by atoms with Crippen molar-refractivity contribution in [2.75, 3.05) is 6.54 Å². The van der Waals surface area contributed by atoms with Gasteiger partial charge in [-0.15, -0.1) is 0 Å². The number of hydrogen-bond acceptors (Lipinski definition) is 3. The van der Waals surface area contributed by atoms with Gasteiger partial charge in [0.05, 0.1) is 6.10 Å². The van der Waals surface area contributed by atoms with Crippen LogP contribution in [0.1, 0.15) is 13.3 Å². The molecule has 7 heteroatoms. The van der Waals surface area contributed by atoms with Crippen LogP contribution in [0.5, 0.6) is 0 Å². The van der Waals surface area contributed by atoms with Crippen LogP contribution < -0.4 is 4.72 Å². The van der Waals surface area contributed by atoms with E-state index < -0.39 is 26.8 Å². The van der Waals surface area contributed by atoms with E-state index in [4.69, 9.17) is 11.6 Å². The molecule has 2 N–H and O–H groups in total. The summed E-state index contributed by atoms with van der Waals surface area (Å²) in [6, 6.07) is 3.27. The number of halogens is 2. The number of nitrogens with one attached hydrogen (secondary N) is 1. The largest absolute Gasteiger partial charge is 0.392 e. The van der Waals surface area contributed by atoms with Crippen LogP contribution in [-0.4, -0.2) is 26.2 Å². The van der Waals surface area contributed by atoms with Crippen molar-refractivity contribution < 1.29 is 17.9 Å². The van der Waals surface area contributed by atoms with Gasteiger partial charge in [-0.1, -0.05) is 18.5 Å². The van der Waals surface area contributed by atoms with Gasteiger partial charge in [0.25, 0.3) is 0 Å². The van der Waals surface area contributed by atoms with Crippen LogP contribution in [0.4, 0.5) is 4.39 Å². The van der Waals surface area contributed by atoms with Gasteiger partial charge in [0.1, 0.15) is 10.7 Å². The first-order valence-corrected chi connectivity index (χ1v) is 6.85. The molecule has 0 radical (unpaired) electrons. The molecule has 0 amide bonds. The Morgan fingerprint density at radius 2 is 2.18 bits per heavy atom. The first-order valence-electron chi connectivity index (χ1n) is 4.99. The summed E-state index contributed by atoms with van der Waals surface area (Å²) in [5, 5.41) is 9.37. The van der Waals surface area contributed by atoms with E-state index in [9.17, 15) is 17.9 Å². The second-order valence-corrected chi connectivity index (χ2v) is 5.66. The molecule has 0 saturated carbocycles. The fraction of sp³-hybridized carbons (Fsp3) is 0.400. The van der Waals surface area contributed by atoms with E-state index in [0.29, 0.717) is 6.42 Å². The number of aliphatic hydroxyl groups excluding tert-OH is 1. The monoisotopic (exact) mass is 281 g/mol. The number of rotatable bonds is 5. The third-order valence-electron chi connectivity index (χ3n) is 2.16. The Labute approximate surface area is 104 Å². The molecule has 0 heterocycles. The predicted octanol–water partition coefficient (Wildman–Crippen LogP) is 1.53. The molecule has 0 aliphatic rings. The molecule has 0 saturated heterocycles. The lowest BCUT2D eigenvalue weighted by atomic mass is 10.3. The van der Waals surface area contributed by atoms with Gasteiger partial charge in [0.15, 0.2) is 0 Å². The van der Waals surface area contributed by atoms with E-state index in [-0.39, 0.29) is 11.6 Å². The van der Waals surface area contributed by atoms with Crippen LogP contribution in [-0.2, 0) is 10.0 Å². The molecule has 0 aliphatic heterocycles. The van der Waals surface area contributed by atoms with Crippen molar-refractivity contribution in [3.63, 3.8) is 0 Å². The molecule has 1 atom stereocenters. The number of aliphatic hydroxyl groups is 1. The highest BCUT2D eigenvalue weighted by Crippen LogP contribution is 2.19. The second kappa shape index (κ2) is 5.77. The summed E-state index contributed by atoms with van der Waals surface area (Å²) in [6.45, 7) is 1.55. The number of benzene rings is 1. The molecular weight excluding hydrogens is 269 g/mol. The van der Waals surface area contributed by atoms with Gasteiger partial charge in [0.2, 0.25) is 10.0 Å². The van der Waals surface area contributed by atoms with E-state index in [1.54, 1.807) is 6.92 Å².